The Bertz CT molecular complexity index is 584. The lowest BCUT2D eigenvalue weighted by atomic mass is 10.1. The molecule has 6 nitrogen and oxygen atoms in total. The van der Waals surface area contributed by atoms with Gasteiger partial charge in [0.1, 0.15) is 0 Å². The Morgan fingerprint density at radius 1 is 1.24 bits per heavy atom. The predicted molar refractivity (Wildman–Crippen MR) is 76.1 cm³/mol. The van der Waals surface area contributed by atoms with Gasteiger partial charge < -0.3 is 15.7 Å². The van der Waals surface area contributed by atoms with Crippen LogP contribution in [0.3, 0.4) is 0 Å². The molecule has 0 atom stereocenters. The van der Waals surface area contributed by atoms with Gasteiger partial charge in [-0.05, 0) is 31.0 Å². The third-order valence-electron chi connectivity index (χ3n) is 3.43. The molecule has 0 spiro atoms. The summed E-state index contributed by atoms with van der Waals surface area (Å²) in [6.45, 7) is -0.116. The fourth-order valence-electron chi connectivity index (χ4n) is 1.84. The van der Waals surface area contributed by atoms with Crippen LogP contribution in [0.1, 0.15) is 23.2 Å². The third kappa shape index (κ3) is 3.95. The number of benzene rings is 1. The minimum absolute atomic E-state index is 0.0915. The fraction of sp³-hybridized carbons (Fsp3) is 0.357. The van der Waals surface area contributed by atoms with Gasteiger partial charge in [0.05, 0.1) is 12.0 Å². The number of rotatable bonds is 6. The molecular weight excluding hydrogens is 296 g/mol. The predicted octanol–water partition coefficient (Wildman–Crippen LogP) is 1.05. The van der Waals surface area contributed by atoms with Crippen molar-refractivity contribution in [2.45, 2.75) is 12.8 Å². The number of hydrogen-bond donors (Lipinski definition) is 3. The summed E-state index contributed by atoms with van der Waals surface area (Å²) in [4.78, 5) is 34.3. The molecule has 0 radical (unpaired) electrons. The van der Waals surface area contributed by atoms with Crippen LogP contribution >= 0.6 is 11.6 Å². The second-order valence-electron chi connectivity index (χ2n) is 5.06. The molecule has 1 saturated carbocycles. The Hall–Kier alpha value is -2.08. The highest BCUT2D eigenvalue weighted by molar-refractivity contribution is 6.30. The quantitative estimate of drug-likeness (QED) is 0.732. The average molecular weight is 311 g/mol. The van der Waals surface area contributed by atoms with Crippen molar-refractivity contribution in [3.8, 4) is 0 Å². The molecule has 0 aliphatic heterocycles. The lowest BCUT2D eigenvalue weighted by Gasteiger charge is -2.11. The lowest BCUT2D eigenvalue weighted by Crippen LogP contribution is -2.40. The van der Waals surface area contributed by atoms with Gasteiger partial charge in [-0.3, -0.25) is 14.4 Å². The minimum atomic E-state index is -0.897. The number of halogens is 1. The second kappa shape index (κ2) is 6.13. The van der Waals surface area contributed by atoms with Gasteiger partial charge in [-0.25, -0.2) is 0 Å². The number of carbonyl (C=O) groups is 3. The van der Waals surface area contributed by atoms with Crippen molar-refractivity contribution in [3.63, 3.8) is 0 Å². The van der Waals surface area contributed by atoms with E-state index in [4.69, 9.17) is 16.7 Å². The molecule has 0 saturated heterocycles. The topological polar surface area (TPSA) is 95.5 Å². The molecule has 1 aromatic rings. The highest BCUT2D eigenvalue weighted by Gasteiger charge is 2.50. The summed E-state index contributed by atoms with van der Waals surface area (Å²) in [5.41, 5.74) is -0.452. The first-order valence-electron chi connectivity index (χ1n) is 6.47. The van der Waals surface area contributed by atoms with Crippen LogP contribution in [0.5, 0.6) is 0 Å². The Morgan fingerprint density at radius 3 is 2.52 bits per heavy atom. The molecule has 2 amide bonds. The Kier molecular flexibility index (Phi) is 4.47. The summed E-state index contributed by atoms with van der Waals surface area (Å²) in [7, 11) is 0. The van der Waals surface area contributed by atoms with Gasteiger partial charge >= 0.3 is 5.97 Å². The first kappa shape index (κ1) is 15.3. The van der Waals surface area contributed by atoms with E-state index in [1.807, 2.05) is 0 Å². The van der Waals surface area contributed by atoms with Crippen molar-refractivity contribution in [2.24, 2.45) is 5.41 Å². The van der Waals surface area contributed by atoms with E-state index in [0.29, 0.717) is 23.4 Å². The zero-order chi connectivity index (χ0) is 15.5. The molecule has 2 rings (SSSR count). The van der Waals surface area contributed by atoms with Crippen molar-refractivity contribution < 1.29 is 19.5 Å². The summed E-state index contributed by atoms with van der Waals surface area (Å²) in [5, 5.41) is 14.4. The van der Waals surface area contributed by atoms with Gasteiger partial charge in [-0.1, -0.05) is 17.7 Å². The van der Waals surface area contributed by atoms with E-state index >= 15 is 0 Å². The van der Waals surface area contributed by atoms with Crippen molar-refractivity contribution in [1.82, 2.24) is 10.6 Å². The maximum Gasteiger partial charge on any atom is 0.311 e. The van der Waals surface area contributed by atoms with Crippen LogP contribution in [0.15, 0.2) is 24.3 Å². The van der Waals surface area contributed by atoms with Crippen LogP contribution < -0.4 is 10.6 Å². The average Bonchev–Trinajstić information content (AvgIpc) is 3.24. The largest absolute Gasteiger partial charge is 0.481 e. The maximum absolute atomic E-state index is 11.8. The zero-order valence-corrected chi connectivity index (χ0v) is 11.9. The van der Waals surface area contributed by atoms with Crippen molar-refractivity contribution >= 4 is 29.4 Å². The van der Waals surface area contributed by atoms with E-state index in [1.165, 1.54) is 6.07 Å². The smallest absolute Gasteiger partial charge is 0.311 e. The van der Waals surface area contributed by atoms with E-state index < -0.39 is 23.2 Å². The van der Waals surface area contributed by atoms with Gasteiger partial charge in [0, 0.05) is 17.1 Å². The zero-order valence-electron chi connectivity index (χ0n) is 11.2. The van der Waals surface area contributed by atoms with Crippen molar-refractivity contribution in [3.05, 3.63) is 34.9 Å². The van der Waals surface area contributed by atoms with E-state index in [0.717, 1.165) is 0 Å². The van der Waals surface area contributed by atoms with E-state index in [2.05, 4.69) is 10.6 Å². The Balaban J connectivity index is 1.76. The lowest BCUT2D eigenvalue weighted by molar-refractivity contribution is -0.143. The highest BCUT2D eigenvalue weighted by Crippen LogP contribution is 2.45. The summed E-state index contributed by atoms with van der Waals surface area (Å²) in [6, 6.07) is 6.37. The van der Waals surface area contributed by atoms with E-state index in [9.17, 15) is 14.4 Å². The van der Waals surface area contributed by atoms with Crippen LogP contribution in [-0.2, 0) is 9.59 Å². The molecule has 3 N–H and O–H groups in total. The number of hydrogen-bond acceptors (Lipinski definition) is 3. The Labute approximate surface area is 126 Å². The molecular formula is C14H15ClN2O4. The summed E-state index contributed by atoms with van der Waals surface area (Å²) in [5.74, 6) is -1.73. The molecule has 1 aromatic carbocycles. The van der Waals surface area contributed by atoms with Gasteiger partial charge in [-0.15, -0.1) is 0 Å². The number of carboxylic acids is 1. The van der Waals surface area contributed by atoms with Crippen LogP contribution in [0.25, 0.3) is 0 Å². The monoisotopic (exact) mass is 310 g/mol. The third-order valence-corrected chi connectivity index (χ3v) is 3.66. The standard InChI is InChI=1S/C14H15ClN2O4/c15-10-3-1-2-9(6-10)12(19)16-7-11(18)17-8-14(4-5-14)13(20)21/h1-3,6H,4-5,7-8H2,(H,16,19)(H,17,18)(H,20,21). The van der Waals surface area contributed by atoms with Crippen LogP contribution in [0, 0.1) is 5.41 Å². The molecule has 1 fully saturated rings. The number of carboxylic acid groups (broad SMARTS) is 1. The van der Waals surface area contributed by atoms with Gasteiger partial charge in [0.15, 0.2) is 0 Å². The first-order valence-corrected chi connectivity index (χ1v) is 6.85. The molecule has 0 bridgehead atoms. The molecule has 1 aliphatic carbocycles. The maximum atomic E-state index is 11.8. The van der Waals surface area contributed by atoms with E-state index in [-0.39, 0.29) is 13.1 Å². The first-order chi connectivity index (χ1) is 9.93. The second-order valence-corrected chi connectivity index (χ2v) is 5.49. The normalized spacial score (nSPS) is 15.1. The molecule has 7 heteroatoms. The Morgan fingerprint density at radius 2 is 1.95 bits per heavy atom. The summed E-state index contributed by atoms with van der Waals surface area (Å²) >= 11 is 5.77. The SMILES string of the molecule is O=C(CNC(=O)c1cccc(Cl)c1)NCC1(C(=O)O)CC1. The molecule has 21 heavy (non-hydrogen) atoms. The van der Waals surface area contributed by atoms with Crippen molar-refractivity contribution in [2.75, 3.05) is 13.1 Å². The molecule has 112 valence electrons. The van der Waals surface area contributed by atoms with Gasteiger partial charge in [0.2, 0.25) is 5.91 Å². The fourth-order valence-corrected chi connectivity index (χ4v) is 2.03. The number of amides is 2. The molecule has 0 heterocycles. The van der Waals surface area contributed by atoms with Gasteiger partial charge in [0.25, 0.3) is 5.91 Å². The number of nitrogens with one attached hydrogen (secondary N) is 2. The number of aliphatic carboxylic acids is 1. The van der Waals surface area contributed by atoms with Crippen molar-refractivity contribution in [1.29, 1.82) is 0 Å². The van der Waals surface area contributed by atoms with Crippen LogP contribution in [0.2, 0.25) is 5.02 Å². The van der Waals surface area contributed by atoms with E-state index in [1.54, 1.807) is 18.2 Å². The molecule has 0 unspecified atom stereocenters. The van der Waals surface area contributed by atoms with Crippen LogP contribution in [-0.4, -0.2) is 36.0 Å². The van der Waals surface area contributed by atoms with Crippen LogP contribution in [0.4, 0.5) is 0 Å². The minimum Gasteiger partial charge on any atom is -0.481 e. The molecule has 1 aliphatic rings. The highest BCUT2D eigenvalue weighted by atomic mass is 35.5. The summed E-state index contributed by atoms with van der Waals surface area (Å²) in [6.07, 6.45) is 1.13. The molecule has 0 aromatic heterocycles. The van der Waals surface area contributed by atoms with Gasteiger partial charge in [-0.2, -0.15) is 0 Å². The number of carbonyl (C=O) groups excluding carboxylic acids is 2. The summed E-state index contributed by atoms with van der Waals surface area (Å²) < 4.78 is 0.